The van der Waals surface area contributed by atoms with Crippen LogP contribution in [0.3, 0.4) is 0 Å². The van der Waals surface area contributed by atoms with Gasteiger partial charge in [0, 0.05) is 13.1 Å². The normalized spacial score (nSPS) is 37.8. The molecule has 2 atom stereocenters. The van der Waals surface area contributed by atoms with Crippen molar-refractivity contribution in [2.45, 2.75) is 38.6 Å². The molecule has 2 aliphatic rings. The van der Waals surface area contributed by atoms with E-state index in [1.807, 2.05) is 0 Å². The highest BCUT2D eigenvalue weighted by Crippen LogP contribution is 2.34. The number of piperidine rings is 1. The number of carbonyl (C=O) groups excluding carboxylic acids is 1. The number of carbonyl (C=O) groups is 1. The third-order valence-electron chi connectivity index (χ3n) is 4.11. The van der Waals surface area contributed by atoms with Gasteiger partial charge >= 0.3 is 0 Å². The average molecular weight is 224 g/mol. The summed E-state index contributed by atoms with van der Waals surface area (Å²) in [5.74, 6) is 0. The van der Waals surface area contributed by atoms with Crippen LogP contribution >= 0.6 is 0 Å². The van der Waals surface area contributed by atoms with Crippen LogP contribution in [0.1, 0.15) is 32.6 Å². The Hall–Kier alpha value is -0.410. The summed E-state index contributed by atoms with van der Waals surface area (Å²) in [5.41, 5.74) is 0.317. The standard InChI is InChI=1S/C13H24N2O/c1-13(8-12(9-16)14(2)10-13)11-15-6-4-3-5-7-15/h9,12H,3-8,10-11H2,1-2H3. The van der Waals surface area contributed by atoms with E-state index in [-0.39, 0.29) is 6.04 Å². The van der Waals surface area contributed by atoms with E-state index in [1.54, 1.807) is 0 Å². The third-order valence-corrected chi connectivity index (χ3v) is 4.11. The first-order valence-electron chi connectivity index (χ1n) is 6.51. The van der Waals surface area contributed by atoms with Gasteiger partial charge in [-0.2, -0.15) is 0 Å². The predicted molar refractivity (Wildman–Crippen MR) is 65.5 cm³/mol. The van der Waals surface area contributed by atoms with Gasteiger partial charge in [-0.25, -0.2) is 0 Å². The summed E-state index contributed by atoms with van der Waals surface area (Å²) in [6, 6.07) is 0.148. The van der Waals surface area contributed by atoms with Gasteiger partial charge in [0.1, 0.15) is 6.29 Å². The van der Waals surface area contributed by atoms with Crippen molar-refractivity contribution in [3.8, 4) is 0 Å². The molecular formula is C13H24N2O. The Kier molecular flexibility index (Phi) is 3.65. The molecule has 2 unspecified atom stereocenters. The lowest BCUT2D eigenvalue weighted by molar-refractivity contribution is -0.111. The van der Waals surface area contributed by atoms with Crippen LogP contribution in [0.2, 0.25) is 0 Å². The van der Waals surface area contributed by atoms with Gasteiger partial charge in [-0.1, -0.05) is 13.3 Å². The molecule has 92 valence electrons. The van der Waals surface area contributed by atoms with Crippen LogP contribution in [0.15, 0.2) is 0 Å². The molecule has 2 fully saturated rings. The lowest BCUT2D eigenvalue weighted by Crippen LogP contribution is -2.40. The van der Waals surface area contributed by atoms with E-state index in [0.29, 0.717) is 5.41 Å². The largest absolute Gasteiger partial charge is 0.303 e. The minimum absolute atomic E-state index is 0.148. The van der Waals surface area contributed by atoms with E-state index < -0.39 is 0 Å². The number of likely N-dealkylation sites (tertiary alicyclic amines) is 2. The number of likely N-dealkylation sites (N-methyl/N-ethyl adjacent to an activating group) is 1. The first-order chi connectivity index (χ1) is 7.63. The second-order valence-electron chi connectivity index (χ2n) is 5.97. The van der Waals surface area contributed by atoms with Crippen LogP contribution in [0.25, 0.3) is 0 Å². The summed E-state index contributed by atoms with van der Waals surface area (Å²) in [7, 11) is 2.07. The highest BCUT2D eigenvalue weighted by Gasteiger charge is 2.39. The number of hydrogen-bond acceptors (Lipinski definition) is 3. The lowest BCUT2D eigenvalue weighted by Gasteiger charge is -2.34. The molecule has 0 spiro atoms. The molecule has 0 aromatic rings. The molecule has 0 N–H and O–H groups in total. The molecule has 0 saturated carbocycles. The van der Waals surface area contributed by atoms with Gasteiger partial charge in [-0.15, -0.1) is 0 Å². The highest BCUT2D eigenvalue weighted by molar-refractivity contribution is 5.58. The summed E-state index contributed by atoms with van der Waals surface area (Å²) in [6.45, 7) is 7.08. The predicted octanol–water partition coefficient (Wildman–Crippen LogP) is 1.38. The maximum Gasteiger partial charge on any atom is 0.137 e. The van der Waals surface area contributed by atoms with Crippen molar-refractivity contribution in [1.29, 1.82) is 0 Å². The average Bonchev–Trinajstić information content (AvgIpc) is 2.54. The molecular weight excluding hydrogens is 200 g/mol. The Morgan fingerprint density at radius 3 is 2.56 bits per heavy atom. The van der Waals surface area contributed by atoms with Crippen molar-refractivity contribution in [3.63, 3.8) is 0 Å². The molecule has 2 heterocycles. The van der Waals surface area contributed by atoms with Crippen LogP contribution in [0.4, 0.5) is 0 Å². The summed E-state index contributed by atoms with van der Waals surface area (Å²) in [6.07, 6.45) is 6.24. The van der Waals surface area contributed by atoms with E-state index in [2.05, 4.69) is 23.8 Å². The molecule has 2 aliphatic heterocycles. The van der Waals surface area contributed by atoms with E-state index in [9.17, 15) is 4.79 Å². The molecule has 0 aliphatic carbocycles. The number of nitrogens with zero attached hydrogens (tertiary/aromatic N) is 2. The van der Waals surface area contributed by atoms with Crippen LogP contribution < -0.4 is 0 Å². The van der Waals surface area contributed by atoms with Crippen LogP contribution in [0.5, 0.6) is 0 Å². The smallest absolute Gasteiger partial charge is 0.137 e. The van der Waals surface area contributed by atoms with Crippen LogP contribution in [-0.4, -0.2) is 55.4 Å². The van der Waals surface area contributed by atoms with Crippen LogP contribution in [0, 0.1) is 5.41 Å². The molecule has 0 bridgehead atoms. The highest BCUT2D eigenvalue weighted by atomic mass is 16.1. The first kappa shape index (κ1) is 12.1. The van der Waals surface area contributed by atoms with Gasteiger partial charge < -0.3 is 9.69 Å². The zero-order chi connectivity index (χ0) is 11.6. The Morgan fingerprint density at radius 1 is 1.31 bits per heavy atom. The summed E-state index contributed by atoms with van der Waals surface area (Å²) >= 11 is 0. The van der Waals surface area contributed by atoms with E-state index >= 15 is 0 Å². The first-order valence-corrected chi connectivity index (χ1v) is 6.51. The fourth-order valence-corrected chi connectivity index (χ4v) is 3.37. The van der Waals surface area contributed by atoms with Gasteiger partial charge in [-0.05, 0) is 44.8 Å². The topological polar surface area (TPSA) is 23.6 Å². The van der Waals surface area contributed by atoms with Crippen molar-refractivity contribution < 1.29 is 4.79 Å². The van der Waals surface area contributed by atoms with Crippen LogP contribution in [-0.2, 0) is 4.79 Å². The molecule has 0 aromatic carbocycles. The minimum Gasteiger partial charge on any atom is -0.303 e. The second kappa shape index (κ2) is 4.84. The van der Waals surface area contributed by atoms with E-state index in [4.69, 9.17) is 0 Å². The maximum absolute atomic E-state index is 10.9. The Morgan fingerprint density at radius 2 is 2.00 bits per heavy atom. The van der Waals surface area contributed by atoms with Gasteiger partial charge in [0.15, 0.2) is 0 Å². The SMILES string of the molecule is CN1CC(C)(CN2CCCCC2)CC1C=O. The van der Waals surface area contributed by atoms with Crippen molar-refractivity contribution in [3.05, 3.63) is 0 Å². The van der Waals surface area contributed by atoms with Gasteiger partial charge in [0.2, 0.25) is 0 Å². The van der Waals surface area contributed by atoms with Gasteiger partial charge in [0.05, 0.1) is 6.04 Å². The van der Waals surface area contributed by atoms with Gasteiger partial charge in [-0.3, -0.25) is 4.90 Å². The monoisotopic (exact) mass is 224 g/mol. The maximum atomic E-state index is 10.9. The van der Waals surface area contributed by atoms with Crippen molar-refractivity contribution >= 4 is 6.29 Å². The molecule has 3 heteroatoms. The fourth-order valence-electron chi connectivity index (χ4n) is 3.37. The summed E-state index contributed by atoms with van der Waals surface area (Å²) in [5, 5.41) is 0. The zero-order valence-corrected chi connectivity index (χ0v) is 10.6. The Bertz CT molecular complexity index is 250. The van der Waals surface area contributed by atoms with Crippen molar-refractivity contribution in [2.75, 3.05) is 33.2 Å². The molecule has 2 rings (SSSR count). The zero-order valence-electron chi connectivity index (χ0n) is 10.6. The van der Waals surface area contributed by atoms with Crippen molar-refractivity contribution in [1.82, 2.24) is 9.80 Å². The lowest BCUT2D eigenvalue weighted by atomic mass is 9.87. The van der Waals surface area contributed by atoms with E-state index in [1.165, 1.54) is 38.9 Å². The van der Waals surface area contributed by atoms with E-state index in [0.717, 1.165) is 19.3 Å². The molecule has 0 aromatic heterocycles. The number of rotatable bonds is 3. The second-order valence-corrected chi connectivity index (χ2v) is 5.97. The fraction of sp³-hybridized carbons (Fsp3) is 0.923. The molecule has 2 saturated heterocycles. The molecule has 0 amide bonds. The Balaban J connectivity index is 1.90. The summed E-state index contributed by atoms with van der Waals surface area (Å²) in [4.78, 5) is 15.7. The molecule has 3 nitrogen and oxygen atoms in total. The van der Waals surface area contributed by atoms with Gasteiger partial charge in [0.25, 0.3) is 0 Å². The third kappa shape index (κ3) is 2.64. The summed E-state index contributed by atoms with van der Waals surface area (Å²) < 4.78 is 0. The quantitative estimate of drug-likeness (QED) is 0.677. The number of hydrogen-bond donors (Lipinski definition) is 0. The molecule has 0 radical (unpaired) electrons. The minimum atomic E-state index is 0.148. The van der Waals surface area contributed by atoms with Crippen molar-refractivity contribution in [2.24, 2.45) is 5.41 Å². The Labute approximate surface area is 98.8 Å². The number of aldehydes is 1. The molecule has 16 heavy (non-hydrogen) atoms.